The van der Waals surface area contributed by atoms with Gasteiger partial charge in [0.05, 0.1) is 12.5 Å². The molecule has 0 aliphatic heterocycles. The van der Waals surface area contributed by atoms with Crippen LogP contribution in [0.3, 0.4) is 0 Å². The Hall–Kier alpha value is -2.94. The number of hydrogen-bond acceptors (Lipinski definition) is 6. The highest BCUT2D eigenvalue weighted by molar-refractivity contribution is 7.98. The Bertz CT molecular complexity index is 767. The Morgan fingerprint density at radius 3 is 2.54 bits per heavy atom. The summed E-state index contributed by atoms with van der Waals surface area (Å²) in [6.45, 7) is 0. The molecule has 9 heteroatoms. The van der Waals surface area contributed by atoms with E-state index in [9.17, 15) is 19.5 Å². The molecule has 0 saturated heterocycles. The number of furan rings is 2. The molecule has 138 valence electrons. The first-order valence-corrected chi connectivity index (χ1v) is 9.03. The molecule has 2 amide bonds. The van der Waals surface area contributed by atoms with Gasteiger partial charge in [-0.1, -0.05) is 0 Å². The van der Waals surface area contributed by atoms with Gasteiger partial charge in [-0.15, -0.1) is 0 Å². The Kier molecular flexibility index (Phi) is 7.10. The third kappa shape index (κ3) is 5.55. The van der Waals surface area contributed by atoms with E-state index in [1.54, 1.807) is 12.1 Å². The van der Waals surface area contributed by atoms with E-state index in [0.717, 1.165) is 0 Å². The fraction of sp³-hybridized carbons (Fsp3) is 0.235. The van der Waals surface area contributed by atoms with E-state index in [2.05, 4.69) is 10.6 Å². The molecule has 2 rings (SSSR count). The van der Waals surface area contributed by atoms with E-state index in [0.29, 0.717) is 11.5 Å². The number of carbonyl (C=O) groups is 3. The maximum absolute atomic E-state index is 12.5. The minimum atomic E-state index is -1.15. The van der Waals surface area contributed by atoms with Gasteiger partial charge < -0.3 is 24.6 Å². The third-order valence-electron chi connectivity index (χ3n) is 3.28. The molecule has 0 radical (unpaired) electrons. The van der Waals surface area contributed by atoms with Crippen LogP contribution in [-0.4, -0.2) is 40.9 Å². The van der Waals surface area contributed by atoms with Crippen molar-refractivity contribution in [2.45, 2.75) is 12.5 Å². The smallest absolute Gasteiger partial charge is 0.326 e. The highest BCUT2D eigenvalue weighted by Gasteiger charge is 2.23. The lowest BCUT2D eigenvalue weighted by Crippen LogP contribution is -2.44. The zero-order valence-electron chi connectivity index (χ0n) is 13.9. The van der Waals surface area contributed by atoms with Crippen molar-refractivity contribution < 1.29 is 28.3 Å². The van der Waals surface area contributed by atoms with Crippen LogP contribution in [0.4, 0.5) is 0 Å². The van der Waals surface area contributed by atoms with Gasteiger partial charge in [-0.2, -0.15) is 11.8 Å². The Balaban J connectivity index is 2.18. The lowest BCUT2D eigenvalue weighted by Gasteiger charge is -2.15. The highest BCUT2D eigenvalue weighted by Crippen LogP contribution is 2.09. The summed E-state index contributed by atoms with van der Waals surface area (Å²) in [5, 5.41) is 14.1. The number of hydrogen-bond donors (Lipinski definition) is 3. The van der Waals surface area contributed by atoms with Crippen LogP contribution < -0.4 is 10.6 Å². The van der Waals surface area contributed by atoms with Crippen molar-refractivity contribution in [3.05, 3.63) is 54.0 Å². The van der Waals surface area contributed by atoms with E-state index in [1.807, 2.05) is 6.26 Å². The van der Waals surface area contributed by atoms with Gasteiger partial charge >= 0.3 is 5.97 Å². The van der Waals surface area contributed by atoms with Gasteiger partial charge in [-0.3, -0.25) is 9.59 Å². The van der Waals surface area contributed by atoms with Crippen molar-refractivity contribution in [2.24, 2.45) is 0 Å². The average molecular weight is 378 g/mol. The molecule has 0 aliphatic carbocycles. The summed E-state index contributed by atoms with van der Waals surface area (Å²) in [7, 11) is 0. The number of carbonyl (C=O) groups excluding carboxylic acids is 2. The fourth-order valence-electron chi connectivity index (χ4n) is 1.99. The second kappa shape index (κ2) is 9.52. The lowest BCUT2D eigenvalue weighted by molar-refractivity contribution is -0.141. The van der Waals surface area contributed by atoms with Gasteiger partial charge in [-0.25, -0.2) is 4.79 Å². The number of rotatable bonds is 9. The van der Waals surface area contributed by atoms with Crippen LogP contribution >= 0.6 is 11.8 Å². The summed E-state index contributed by atoms with van der Waals surface area (Å²) in [6.07, 6.45) is 6.14. The topological polar surface area (TPSA) is 122 Å². The number of thioether (sulfide) groups is 1. The van der Waals surface area contributed by atoms with Crippen molar-refractivity contribution >= 4 is 35.6 Å². The first kappa shape index (κ1) is 19.4. The molecule has 8 nitrogen and oxygen atoms in total. The normalized spacial score (nSPS) is 12.4. The quantitative estimate of drug-likeness (QED) is 0.570. The summed E-state index contributed by atoms with van der Waals surface area (Å²) < 4.78 is 10.1. The average Bonchev–Trinajstić information content (AvgIpc) is 3.30. The van der Waals surface area contributed by atoms with Gasteiger partial charge in [0, 0.05) is 6.08 Å². The van der Waals surface area contributed by atoms with Crippen molar-refractivity contribution in [1.29, 1.82) is 0 Å². The van der Waals surface area contributed by atoms with E-state index in [-0.39, 0.29) is 17.9 Å². The van der Waals surface area contributed by atoms with Crippen molar-refractivity contribution in [2.75, 3.05) is 12.0 Å². The Morgan fingerprint density at radius 1 is 1.23 bits per heavy atom. The molecule has 0 bridgehead atoms. The highest BCUT2D eigenvalue weighted by atomic mass is 32.2. The van der Waals surface area contributed by atoms with Gasteiger partial charge in [0.15, 0.2) is 5.76 Å². The molecular formula is C17H18N2O6S. The van der Waals surface area contributed by atoms with Gasteiger partial charge in [0.1, 0.15) is 17.5 Å². The molecule has 2 heterocycles. The van der Waals surface area contributed by atoms with E-state index in [4.69, 9.17) is 8.83 Å². The minimum Gasteiger partial charge on any atom is -0.480 e. The van der Waals surface area contributed by atoms with Gasteiger partial charge in [0.2, 0.25) is 0 Å². The first-order chi connectivity index (χ1) is 12.5. The third-order valence-corrected chi connectivity index (χ3v) is 3.93. The lowest BCUT2D eigenvalue weighted by atomic mass is 10.2. The predicted octanol–water partition coefficient (Wildman–Crippen LogP) is 1.97. The monoisotopic (exact) mass is 378 g/mol. The van der Waals surface area contributed by atoms with Crippen molar-refractivity contribution in [3.8, 4) is 0 Å². The predicted molar refractivity (Wildman–Crippen MR) is 95.4 cm³/mol. The number of carboxylic acid groups (broad SMARTS) is 1. The molecule has 0 spiro atoms. The molecule has 3 N–H and O–H groups in total. The summed E-state index contributed by atoms with van der Waals surface area (Å²) in [4.78, 5) is 36.0. The standard InChI is InChI=1S/C17H18N2O6S/c1-26-9-6-12(17(22)23)18-15(20)13(10-11-4-2-7-24-11)19-16(21)14-5-3-8-25-14/h2-5,7-8,10,12H,6,9H2,1H3,(H,18,20)(H,19,21)(H,22,23)/b13-10+/t12-/m1/s1. The maximum Gasteiger partial charge on any atom is 0.326 e. The number of amides is 2. The Morgan fingerprint density at radius 2 is 1.96 bits per heavy atom. The van der Waals surface area contributed by atoms with Gasteiger partial charge in [-0.05, 0) is 42.7 Å². The molecule has 2 aromatic heterocycles. The second-order valence-electron chi connectivity index (χ2n) is 5.15. The van der Waals surface area contributed by atoms with Crippen LogP contribution in [0.25, 0.3) is 6.08 Å². The molecule has 0 unspecified atom stereocenters. The van der Waals surface area contributed by atoms with E-state index >= 15 is 0 Å². The van der Waals surface area contributed by atoms with Crippen LogP contribution in [0.1, 0.15) is 22.7 Å². The van der Waals surface area contributed by atoms with Crippen LogP contribution in [0.15, 0.2) is 51.3 Å². The summed E-state index contributed by atoms with van der Waals surface area (Å²) in [5.74, 6) is -1.63. The Labute approximate surface area is 153 Å². The van der Waals surface area contributed by atoms with Crippen LogP contribution in [0.5, 0.6) is 0 Å². The van der Waals surface area contributed by atoms with Crippen molar-refractivity contribution in [1.82, 2.24) is 10.6 Å². The molecule has 0 aliphatic rings. The minimum absolute atomic E-state index is 0.0142. The summed E-state index contributed by atoms with van der Waals surface area (Å²) >= 11 is 1.47. The van der Waals surface area contributed by atoms with E-state index in [1.165, 1.54) is 42.5 Å². The zero-order chi connectivity index (χ0) is 18.9. The zero-order valence-corrected chi connectivity index (χ0v) is 14.7. The molecule has 0 saturated carbocycles. The molecule has 0 aromatic carbocycles. The number of carboxylic acids is 1. The number of aliphatic carboxylic acids is 1. The van der Waals surface area contributed by atoms with Gasteiger partial charge in [0.25, 0.3) is 11.8 Å². The maximum atomic E-state index is 12.5. The second-order valence-corrected chi connectivity index (χ2v) is 6.14. The number of nitrogens with one attached hydrogen (secondary N) is 2. The molecule has 0 fully saturated rings. The largest absolute Gasteiger partial charge is 0.480 e. The molecule has 2 aromatic rings. The van der Waals surface area contributed by atoms with Crippen LogP contribution in [-0.2, 0) is 9.59 Å². The van der Waals surface area contributed by atoms with Crippen LogP contribution in [0, 0.1) is 0 Å². The summed E-state index contributed by atoms with van der Waals surface area (Å²) in [6, 6.07) is 5.11. The van der Waals surface area contributed by atoms with E-state index < -0.39 is 23.8 Å². The molecule has 1 atom stereocenters. The molecule has 26 heavy (non-hydrogen) atoms. The fourth-order valence-corrected chi connectivity index (χ4v) is 2.47. The molecular weight excluding hydrogens is 360 g/mol. The van der Waals surface area contributed by atoms with Crippen molar-refractivity contribution in [3.63, 3.8) is 0 Å². The van der Waals surface area contributed by atoms with Crippen LogP contribution in [0.2, 0.25) is 0 Å². The first-order valence-electron chi connectivity index (χ1n) is 7.64. The SMILES string of the molecule is CSCC[C@@H](NC(=O)/C(=C\c1ccco1)NC(=O)c1ccco1)C(=O)O. The summed E-state index contributed by atoms with van der Waals surface area (Å²) in [5.41, 5.74) is -0.156.